The lowest BCUT2D eigenvalue weighted by atomic mass is 9.74. The number of hydrogen-bond donors (Lipinski definition) is 0. The third-order valence-corrected chi connectivity index (χ3v) is 7.73. The molecule has 7 heteroatoms. The first kappa shape index (κ1) is 22.0. The van der Waals surface area contributed by atoms with Gasteiger partial charge in [0, 0.05) is 37.0 Å². The van der Waals surface area contributed by atoms with Crippen LogP contribution < -0.4 is 0 Å². The second-order valence-corrected chi connectivity index (χ2v) is 9.41. The predicted octanol–water partition coefficient (Wildman–Crippen LogP) is 3.70. The number of fused-ring (bicyclic) bond motifs is 1. The number of amides is 3. The molecule has 4 rings (SSSR count). The number of nitrogens with zero attached hydrogens (tertiary/aromatic N) is 2. The molecule has 0 radical (unpaired) electrons. The first-order valence-electron chi connectivity index (χ1n) is 11.3. The topological polar surface area (TPSA) is 74.8 Å². The van der Waals surface area contributed by atoms with Gasteiger partial charge in [-0.05, 0) is 38.2 Å². The van der Waals surface area contributed by atoms with Gasteiger partial charge < -0.3 is 4.90 Å². The van der Waals surface area contributed by atoms with Crippen LogP contribution in [0.25, 0.3) is 0 Å². The van der Waals surface area contributed by atoms with Crippen molar-refractivity contribution in [1.82, 2.24) is 9.80 Å². The molecule has 1 aromatic carbocycles. The standard InChI is InChI=1S/C24H29ClN2O4/c1-26(24(14-7-6-12-20(24)28)18-10-4-5-11-19(18)25)21(29)13-15-27-22(30)16-8-2-3-9-17(16)23(27)31/h4-5,10-11,16-17H,2-3,6-9,12-15H2,1H3. The van der Waals surface area contributed by atoms with Gasteiger partial charge in [-0.3, -0.25) is 24.1 Å². The second kappa shape index (κ2) is 8.73. The van der Waals surface area contributed by atoms with E-state index in [1.54, 1.807) is 19.2 Å². The number of hydrogen-bond acceptors (Lipinski definition) is 4. The van der Waals surface area contributed by atoms with Crippen molar-refractivity contribution in [2.24, 2.45) is 11.8 Å². The molecule has 166 valence electrons. The van der Waals surface area contributed by atoms with Gasteiger partial charge in [0.1, 0.15) is 5.54 Å². The summed E-state index contributed by atoms with van der Waals surface area (Å²) in [6.07, 6.45) is 5.99. The fraction of sp³-hybridized carbons (Fsp3) is 0.583. The Labute approximate surface area is 187 Å². The van der Waals surface area contributed by atoms with Gasteiger partial charge in [0.25, 0.3) is 0 Å². The van der Waals surface area contributed by atoms with E-state index in [0.29, 0.717) is 23.4 Å². The molecule has 1 aromatic rings. The third-order valence-electron chi connectivity index (χ3n) is 7.40. The predicted molar refractivity (Wildman–Crippen MR) is 116 cm³/mol. The van der Waals surface area contributed by atoms with E-state index < -0.39 is 5.54 Å². The third kappa shape index (κ3) is 3.69. The second-order valence-electron chi connectivity index (χ2n) is 9.00. The van der Waals surface area contributed by atoms with Crippen LogP contribution in [0.2, 0.25) is 5.02 Å². The molecule has 1 saturated heterocycles. The van der Waals surface area contributed by atoms with E-state index in [0.717, 1.165) is 38.5 Å². The van der Waals surface area contributed by atoms with Crippen LogP contribution in [-0.4, -0.2) is 46.9 Å². The maximum Gasteiger partial charge on any atom is 0.233 e. The number of likely N-dealkylation sites (tertiary alicyclic amines) is 1. The molecular formula is C24H29ClN2O4. The number of Topliss-reactive ketones (excluding diaryl/α,β-unsaturated/α-hetero) is 1. The van der Waals surface area contributed by atoms with Gasteiger partial charge in [0.2, 0.25) is 17.7 Å². The SMILES string of the molecule is CN(C(=O)CCN1C(=O)C2CCCCC2C1=O)C1(c2ccccc2Cl)CCCCC1=O. The molecule has 3 fully saturated rings. The van der Waals surface area contributed by atoms with Gasteiger partial charge in [-0.2, -0.15) is 0 Å². The highest BCUT2D eigenvalue weighted by Gasteiger charge is 2.50. The van der Waals surface area contributed by atoms with Crippen molar-refractivity contribution in [3.05, 3.63) is 34.9 Å². The van der Waals surface area contributed by atoms with Gasteiger partial charge in [-0.1, -0.05) is 42.6 Å². The van der Waals surface area contributed by atoms with Crippen LogP contribution >= 0.6 is 11.6 Å². The lowest BCUT2D eigenvalue weighted by Gasteiger charge is -2.44. The first-order valence-corrected chi connectivity index (χ1v) is 11.7. The molecule has 0 N–H and O–H groups in total. The van der Waals surface area contributed by atoms with E-state index in [4.69, 9.17) is 11.6 Å². The van der Waals surface area contributed by atoms with Gasteiger partial charge in [-0.25, -0.2) is 0 Å². The zero-order chi connectivity index (χ0) is 22.2. The Morgan fingerprint density at radius 3 is 2.32 bits per heavy atom. The fourth-order valence-electron chi connectivity index (χ4n) is 5.67. The highest BCUT2D eigenvalue weighted by atomic mass is 35.5. The Morgan fingerprint density at radius 2 is 1.71 bits per heavy atom. The fourth-order valence-corrected chi connectivity index (χ4v) is 5.96. The Balaban J connectivity index is 1.53. The molecule has 0 bridgehead atoms. The molecule has 31 heavy (non-hydrogen) atoms. The zero-order valence-electron chi connectivity index (χ0n) is 17.9. The summed E-state index contributed by atoms with van der Waals surface area (Å²) in [5.74, 6) is -0.987. The zero-order valence-corrected chi connectivity index (χ0v) is 18.7. The monoisotopic (exact) mass is 444 g/mol. The van der Waals surface area contributed by atoms with Gasteiger partial charge in [0.05, 0.1) is 11.8 Å². The van der Waals surface area contributed by atoms with Crippen LogP contribution in [0.5, 0.6) is 0 Å². The average Bonchev–Trinajstić information content (AvgIpc) is 3.02. The lowest BCUT2D eigenvalue weighted by Crippen LogP contribution is -2.54. The number of halogens is 1. The van der Waals surface area contributed by atoms with Gasteiger partial charge in [-0.15, -0.1) is 0 Å². The highest BCUT2D eigenvalue weighted by molar-refractivity contribution is 6.31. The van der Waals surface area contributed by atoms with Crippen molar-refractivity contribution >= 4 is 35.1 Å². The van der Waals surface area contributed by atoms with Crippen LogP contribution in [0.15, 0.2) is 24.3 Å². The lowest BCUT2D eigenvalue weighted by molar-refractivity contribution is -0.149. The minimum Gasteiger partial charge on any atom is -0.329 e. The number of benzene rings is 1. The number of imide groups is 1. The Morgan fingerprint density at radius 1 is 1.06 bits per heavy atom. The molecule has 2 saturated carbocycles. The van der Waals surface area contributed by atoms with Gasteiger partial charge >= 0.3 is 0 Å². The molecule has 1 heterocycles. The summed E-state index contributed by atoms with van der Waals surface area (Å²) in [5.41, 5.74) is -0.447. The minimum absolute atomic E-state index is 0.00685. The van der Waals surface area contributed by atoms with E-state index in [9.17, 15) is 19.2 Å². The van der Waals surface area contributed by atoms with Crippen LogP contribution in [0.1, 0.15) is 63.4 Å². The van der Waals surface area contributed by atoms with E-state index in [1.165, 1.54) is 9.80 Å². The molecular weight excluding hydrogens is 416 g/mol. The minimum atomic E-state index is -1.10. The van der Waals surface area contributed by atoms with Crippen molar-refractivity contribution in [2.75, 3.05) is 13.6 Å². The van der Waals surface area contributed by atoms with Crippen LogP contribution in [0, 0.1) is 11.8 Å². The van der Waals surface area contributed by atoms with Crippen molar-refractivity contribution < 1.29 is 19.2 Å². The molecule has 2 aliphatic carbocycles. The van der Waals surface area contributed by atoms with Gasteiger partial charge in [0.15, 0.2) is 5.78 Å². The largest absolute Gasteiger partial charge is 0.329 e. The number of rotatable bonds is 5. The summed E-state index contributed by atoms with van der Waals surface area (Å²) in [4.78, 5) is 54.7. The van der Waals surface area contributed by atoms with E-state index in [1.807, 2.05) is 12.1 Å². The quantitative estimate of drug-likeness (QED) is 0.649. The molecule has 6 nitrogen and oxygen atoms in total. The summed E-state index contributed by atoms with van der Waals surface area (Å²) in [6, 6.07) is 7.18. The normalized spacial score (nSPS) is 28.6. The number of likely N-dealkylation sites (N-methyl/N-ethyl adjacent to an activating group) is 1. The smallest absolute Gasteiger partial charge is 0.233 e. The van der Waals surface area contributed by atoms with E-state index >= 15 is 0 Å². The summed E-state index contributed by atoms with van der Waals surface area (Å²) < 4.78 is 0. The summed E-state index contributed by atoms with van der Waals surface area (Å²) in [5, 5.41) is 0.464. The van der Waals surface area contributed by atoms with Crippen molar-refractivity contribution in [2.45, 2.75) is 63.3 Å². The number of carbonyl (C=O) groups excluding carboxylic acids is 4. The average molecular weight is 445 g/mol. The Kier molecular flexibility index (Phi) is 6.20. The number of ketones is 1. The number of carbonyl (C=O) groups is 4. The van der Waals surface area contributed by atoms with E-state index in [2.05, 4.69) is 0 Å². The van der Waals surface area contributed by atoms with Crippen LogP contribution in [0.3, 0.4) is 0 Å². The molecule has 3 aliphatic rings. The molecule has 0 aromatic heterocycles. The van der Waals surface area contributed by atoms with Crippen LogP contribution in [0.4, 0.5) is 0 Å². The summed E-state index contributed by atoms with van der Waals surface area (Å²) in [7, 11) is 1.64. The molecule has 3 amide bonds. The first-order chi connectivity index (χ1) is 14.9. The molecule has 1 aliphatic heterocycles. The van der Waals surface area contributed by atoms with Crippen molar-refractivity contribution in [1.29, 1.82) is 0 Å². The summed E-state index contributed by atoms with van der Waals surface area (Å²) in [6.45, 7) is 0.0701. The van der Waals surface area contributed by atoms with Crippen LogP contribution in [-0.2, 0) is 24.7 Å². The molecule has 3 unspecified atom stereocenters. The molecule has 0 spiro atoms. The van der Waals surface area contributed by atoms with Crippen molar-refractivity contribution in [3.8, 4) is 0 Å². The van der Waals surface area contributed by atoms with E-state index in [-0.39, 0.29) is 48.3 Å². The molecule has 3 atom stereocenters. The Bertz CT molecular complexity index is 893. The van der Waals surface area contributed by atoms with Crippen molar-refractivity contribution in [3.63, 3.8) is 0 Å². The maximum atomic E-state index is 13.2. The summed E-state index contributed by atoms with van der Waals surface area (Å²) >= 11 is 6.46. The highest BCUT2D eigenvalue weighted by Crippen LogP contribution is 2.43. The maximum absolute atomic E-state index is 13.2. The Hall–Kier alpha value is -2.21.